The van der Waals surface area contributed by atoms with Gasteiger partial charge < -0.3 is 44.1 Å². The minimum Gasteiger partial charge on any atom is -0.378 e. The van der Waals surface area contributed by atoms with Crippen molar-refractivity contribution in [3.63, 3.8) is 0 Å². The quantitative estimate of drug-likeness (QED) is 0.153. The van der Waals surface area contributed by atoms with Gasteiger partial charge in [0, 0.05) is 64.5 Å². The Balaban J connectivity index is 1.28. The summed E-state index contributed by atoms with van der Waals surface area (Å²) in [5.74, 6) is -2.37. The van der Waals surface area contributed by atoms with Crippen molar-refractivity contribution < 1.29 is 33.4 Å². The van der Waals surface area contributed by atoms with Crippen molar-refractivity contribution in [3.05, 3.63) is 93.7 Å². The number of amides is 5. The standard InChI is InChI=1S/C43H53N13O7/c1-7-55-35(21-26(3)48-55)40(60)46-42-50(5)33-23-28(38(44)58)9-11-31(33)53(42)15-13-30(63-25-37(57)52-17-19-62-20-18-52)14-16-54-32-12-10-29(39(45)59)24-34(32)51(6)43(54)47-41(61)36-22-27(4)49-56(36)8-2/h9-12,21-24,30H,7-8,13-20,25H2,1-6H3,(H2,44,58)(H2,45,59). The van der Waals surface area contributed by atoms with Crippen LogP contribution in [0.3, 0.4) is 0 Å². The average molecular weight is 864 g/mol. The van der Waals surface area contributed by atoms with Crippen LogP contribution in [0.15, 0.2) is 58.5 Å². The number of ether oxygens (including phenoxy) is 2. The van der Waals surface area contributed by atoms with Gasteiger partial charge in [-0.25, -0.2) is 0 Å². The topological polar surface area (TPSA) is 239 Å². The molecule has 0 bridgehead atoms. The van der Waals surface area contributed by atoms with Gasteiger partial charge in [-0.05, 0) is 89.1 Å². The molecule has 4 N–H and O–H groups in total. The first-order valence-corrected chi connectivity index (χ1v) is 20.9. The molecule has 1 aliphatic heterocycles. The van der Waals surface area contributed by atoms with Crippen LogP contribution in [0.1, 0.15) is 79.8 Å². The van der Waals surface area contributed by atoms with Crippen LogP contribution in [0, 0.1) is 13.8 Å². The molecule has 0 unspecified atom stereocenters. The lowest BCUT2D eigenvalue weighted by atomic mass is 10.1. The summed E-state index contributed by atoms with van der Waals surface area (Å²) >= 11 is 0. The summed E-state index contributed by atoms with van der Waals surface area (Å²) < 4.78 is 22.4. The van der Waals surface area contributed by atoms with Gasteiger partial charge in [0.2, 0.25) is 29.0 Å². The SMILES string of the molecule is CCn1nc(C)cc1C(=O)N=c1n(C)c2cc(C(N)=O)ccc2n1CCC(CCn1c(=NC(=O)c2cc(C)nn2CC)n(C)c2cc(C(N)=O)ccc21)OCC(=O)N1CCOCC1. The van der Waals surface area contributed by atoms with E-state index in [2.05, 4.69) is 20.2 Å². The first-order valence-electron chi connectivity index (χ1n) is 20.9. The highest BCUT2D eigenvalue weighted by Crippen LogP contribution is 2.20. The number of hydrogen-bond acceptors (Lipinski definition) is 9. The smallest absolute Gasteiger partial charge is 0.298 e. The summed E-state index contributed by atoms with van der Waals surface area (Å²) in [4.78, 5) is 76.5. The number of nitrogens with zero attached hydrogens (tertiary/aromatic N) is 11. The monoisotopic (exact) mass is 863 g/mol. The van der Waals surface area contributed by atoms with E-state index < -0.39 is 29.7 Å². The Morgan fingerprint density at radius 3 is 1.56 bits per heavy atom. The van der Waals surface area contributed by atoms with Crippen molar-refractivity contribution in [2.45, 2.75) is 72.8 Å². The van der Waals surface area contributed by atoms with Gasteiger partial charge >= 0.3 is 0 Å². The lowest BCUT2D eigenvalue weighted by Crippen LogP contribution is -2.43. The number of primary amides is 2. The van der Waals surface area contributed by atoms with Gasteiger partial charge in [-0.2, -0.15) is 20.2 Å². The molecule has 5 heterocycles. The molecule has 0 atom stereocenters. The number of morpholine rings is 1. The third kappa shape index (κ3) is 9.17. The van der Waals surface area contributed by atoms with Gasteiger partial charge in [0.1, 0.15) is 18.0 Å². The number of imidazole rings is 2. The molecule has 332 valence electrons. The van der Waals surface area contributed by atoms with Crippen molar-refractivity contribution in [1.82, 2.24) is 42.7 Å². The zero-order valence-electron chi connectivity index (χ0n) is 36.4. The van der Waals surface area contributed by atoms with Crippen molar-refractivity contribution in [2.75, 3.05) is 32.9 Å². The molecule has 1 aliphatic rings. The molecule has 63 heavy (non-hydrogen) atoms. The predicted octanol–water partition coefficient (Wildman–Crippen LogP) is 1.73. The molecular weight excluding hydrogens is 811 g/mol. The molecule has 0 spiro atoms. The fourth-order valence-electron chi connectivity index (χ4n) is 8.02. The number of fused-ring (bicyclic) bond motifs is 2. The molecule has 5 amide bonds. The van der Waals surface area contributed by atoms with E-state index in [4.69, 9.17) is 20.9 Å². The zero-order chi connectivity index (χ0) is 45.1. The Bertz CT molecular complexity index is 2720. The molecule has 20 heteroatoms. The lowest BCUT2D eigenvalue weighted by molar-refractivity contribution is -0.142. The largest absolute Gasteiger partial charge is 0.378 e. The molecule has 0 saturated carbocycles. The van der Waals surface area contributed by atoms with Gasteiger partial charge in [-0.3, -0.25) is 33.3 Å². The Labute approximate surface area is 362 Å². The Hall–Kier alpha value is -6.93. The van der Waals surface area contributed by atoms with Gasteiger partial charge in [0.25, 0.3) is 11.8 Å². The number of benzene rings is 2. The first-order chi connectivity index (χ1) is 30.2. The number of nitrogens with two attached hydrogens (primary N) is 2. The average Bonchev–Trinajstić information content (AvgIpc) is 4.00. The van der Waals surface area contributed by atoms with Gasteiger partial charge in [-0.1, -0.05) is 0 Å². The second kappa shape index (κ2) is 18.6. The summed E-state index contributed by atoms with van der Waals surface area (Å²) in [5, 5.41) is 8.85. The van der Waals surface area contributed by atoms with Gasteiger partial charge in [0.15, 0.2) is 0 Å². The molecule has 6 aromatic rings. The number of aromatic nitrogens is 8. The molecule has 7 rings (SSSR count). The van der Waals surface area contributed by atoms with Crippen LogP contribution in [0.2, 0.25) is 0 Å². The highest BCUT2D eigenvalue weighted by Gasteiger charge is 2.23. The van der Waals surface area contributed by atoms with Crippen LogP contribution in [0.4, 0.5) is 0 Å². The molecule has 0 radical (unpaired) electrons. The number of carbonyl (C=O) groups is 5. The minimum absolute atomic E-state index is 0.176. The zero-order valence-corrected chi connectivity index (χ0v) is 36.4. The fourth-order valence-corrected chi connectivity index (χ4v) is 8.02. The number of aryl methyl sites for hydroxylation is 8. The highest BCUT2D eigenvalue weighted by atomic mass is 16.5. The van der Waals surface area contributed by atoms with Gasteiger partial charge in [-0.15, -0.1) is 0 Å². The third-order valence-corrected chi connectivity index (χ3v) is 11.3. The van der Waals surface area contributed by atoms with Crippen molar-refractivity contribution in [3.8, 4) is 0 Å². The Kier molecular flexibility index (Phi) is 13.0. The first kappa shape index (κ1) is 44.1. The summed E-state index contributed by atoms with van der Waals surface area (Å²) in [5.41, 5.74) is 17.2. The maximum Gasteiger partial charge on any atom is 0.298 e. The van der Waals surface area contributed by atoms with E-state index in [9.17, 15) is 24.0 Å². The number of hydrogen-bond donors (Lipinski definition) is 2. The molecular formula is C43H53N13O7. The maximum atomic E-state index is 13.8. The highest BCUT2D eigenvalue weighted by molar-refractivity contribution is 5.98. The summed E-state index contributed by atoms with van der Waals surface area (Å²) in [6.07, 6.45) is 0.131. The lowest BCUT2D eigenvalue weighted by Gasteiger charge is -2.27. The third-order valence-electron chi connectivity index (χ3n) is 11.3. The fraction of sp³-hybridized carbons (Fsp3) is 0.419. The van der Waals surface area contributed by atoms with Crippen molar-refractivity contribution in [1.29, 1.82) is 0 Å². The van der Waals surface area contributed by atoms with E-state index in [-0.39, 0.29) is 25.6 Å². The van der Waals surface area contributed by atoms with E-state index in [1.165, 1.54) is 0 Å². The second-order valence-corrected chi connectivity index (χ2v) is 15.5. The normalized spacial score (nSPS) is 14.3. The maximum absolute atomic E-state index is 13.8. The summed E-state index contributed by atoms with van der Waals surface area (Å²) in [6.45, 7) is 10.5. The van der Waals surface area contributed by atoms with E-state index in [1.807, 2.05) is 36.8 Å². The molecule has 2 aromatic carbocycles. The second-order valence-electron chi connectivity index (χ2n) is 15.5. The van der Waals surface area contributed by atoms with Crippen LogP contribution in [0.25, 0.3) is 22.1 Å². The molecule has 0 aliphatic carbocycles. The summed E-state index contributed by atoms with van der Waals surface area (Å²) in [7, 11) is 3.52. The molecule has 4 aromatic heterocycles. The minimum atomic E-state index is -0.601. The van der Waals surface area contributed by atoms with Crippen LogP contribution in [0.5, 0.6) is 0 Å². The van der Waals surface area contributed by atoms with Gasteiger partial charge in [0.05, 0.1) is 52.8 Å². The van der Waals surface area contributed by atoms with Crippen LogP contribution >= 0.6 is 0 Å². The number of rotatable bonds is 15. The predicted molar refractivity (Wildman–Crippen MR) is 230 cm³/mol. The van der Waals surface area contributed by atoms with Crippen molar-refractivity contribution >= 4 is 51.6 Å². The van der Waals surface area contributed by atoms with Crippen LogP contribution in [-0.4, -0.2) is 111 Å². The molecule has 1 fully saturated rings. The molecule has 1 saturated heterocycles. The number of carbonyl (C=O) groups excluding carboxylic acids is 5. The van der Waals surface area contributed by atoms with Crippen LogP contribution < -0.4 is 22.7 Å². The van der Waals surface area contributed by atoms with Crippen LogP contribution in [-0.2, 0) is 54.5 Å². The van der Waals surface area contributed by atoms with Crippen molar-refractivity contribution in [2.24, 2.45) is 35.5 Å². The van der Waals surface area contributed by atoms with E-state index in [0.29, 0.717) is 119 Å². The Morgan fingerprint density at radius 2 is 1.14 bits per heavy atom. The summed E-state index contributed by atoms with van der Waals surface area (Å²) in [6, 6.07) is 13.5. The van der Waals surface area contributed by atoms with E-state index in [0.717, 1.165) is 0 Å². The molecule has 20 nitrogen and oxygen atoms in total. The van der Waals surface area contributed by atoms with E-state index in [1.54, 1.807) is 86.0 Å². The Morgan fingerprint density at radius 1 is 0.698 bits per heavy atom. The van der Waals surface area contributed by atoms with E-state index >= 15 is 0 Å².